The SMILES string of the molecule is C=CCNC(=O)COC(=O)c1ccc(OS(=O)(=O)c2cc(C)ccc2C)cc1. The molecule has 0 unspecified atom stereocenters. The van der Waals surface area contributed by atoms with Gasteiger partial charge in [-0.05, 0) is 55.3 Å². The molecule has 7 nitrogen and oxygen atoms in total. The Morgan fingerprint density at radius 2 is 1.79 bits per heavy atom. The summed E-state index contributed by atoms with van der Waals surface area (Å²) in [7, 11) is -4.01. The molecule has 0 aromatic heterocycles. The molecular formula is C20H21NO6S. The highest BCUT2D eigenvalue weighted by atomic mass is 32.2. The van der Waals surface area contributed by atoms with Crippen LogP contribution in [-0.4, -0.2) is 33.4 Å². The van der Waals surface area contributed by atoms with Gasteiger partial charge in [0.25, 0.3) is 5.91 Å². The van der Waals surface area contributed by atoms with E-state index in [-0.39, 0.29) is 22.8 Å². The van der Waals surface area contributed by atoms with Gasteiger partial charge in [0.2, 0.25) is 0 Å². The maximum Gasteiger partial charge on any atom is 0.339 e. The molecule has 8 heteroatoms. The Balaban J connectivity index is 2.04. The molecule has 2 aromatic carbocycles. The summed E-state index contributed by atoms with van der Waals surface area (Å²) in [6, 6.07) is 10.5. The maximum atomic E-state index is 12.5. The van der Waals surface area contributed by atoms with E-state index in [1.807, 2.05) is 6.07 Å². The second kappa shape index (κ2) is 9.18. The first-order chi connectivity index (χ1) is 13.2. The molecule has 0 heterocycles. The number of nitrogens with one attached hydrogen (secondary N) is 1. The molecule has 0 aliphatic rings. The van der Waals surface area contributed by atoms with Crippen molar-refractivity contribution in [3.8, 4) is 5.75 Å². The molecule has 2 aromatic rings. The lowest BCUT2D eigenvalue weighted by atomic mass is 10.2. The van der Waals surface area contributed by atoms with Crippen molar-refractivity contribution < 1.29 is 26.9 Å². The Kier molecular flexibility index (Phi) is 6.94. The van der Waals surface area contributed by atoms with Crippen LogP contribution >= 0.6 is 0 Å². The number of aryl methyl sites for hydroxylation is 2. The Labute approximate surface area is 164 Å². The first kappa shape index (κ1) is 21.2. The lowest BCUT2D eigenvalue weighted by Gasteiger charge is -2.10. The fraction of sp³-hybridized carbons (Fsp3) is 0.200. The quantitative estimate of drug-likeness (QED) is 0.413. The minimum absolute atomic E-state index is 0.0567. The van der Waals surface area contributed by atoms with E-state index in [4.69, 9.17) is 8.92 Å². The Bertz CT molecular complexity index is 980. The average molecular weight is 403 g/mol. The molecule has 0 atom stereocenters. The molecule has 1 amide bonds. The van der Waals surface area contributed by atoms with E-state index >= 15 is 0 Å². The Morgan fingerprint density at radius 1 is 1.11 bits per heavy atom. The number of amides is 1. The molecule has 0 spiro atoms. The summed E-state index contributed by atoms with van der Waals surface area (Å²) in [6.45, 7) is 6.78. The van der Waals surface area contributed by atoms with Gasteiger partial charge < -0.3 is 14.2 Å². The lowest BCUT2D eigenvalue weighted by Crippen LogP contribution is -2.28. The average Bonchev–Trinajstić information content (AvgIpc) is 2.66. The summed E-state index contributed by atoms with van der Waals surface area (Å²) < 4.78 is 35.0. The summed E-state index contributed by atoms with van der Waals surface area (Å²) >= 11 is 0. The van der Waals surface area contributed by atoms with Crippen molar-refractivity contribution in [2.75, 3.05) is 13.2 Å². The van der Waals surface area contributed by atoms with Crippen LogP contribution in [0.4, 0.5) is 0 Å². The van der Waals surface area contributed by atoms with E-state index in [2.05, 4.69) is 11.9 Å². The van der Waals surface area contributed by atoms with E-state index in [1.165, 1.54) is 36.4 Å². The molecule has 0 aliphatic heterocycles. The molecule has 2 rings (SSSR count). The number of hydrogen-bond donors (Lipinski definition) is 1. The molecule has 0 fully saturated rings. The van der Waals surface area contributed by atoms with Gasteiger partial charge in [-0.25, -0.2) is 4.79 Å². The fourth-order valence-corrected chi connectivity index (χ4v) is 3.49. The largest absolute Gasteiger partial charge is 0.452 e. The normalized spacial score (nSPS) is 10.8. The predicted molar refractivity (Wildman–Crippen MR) is 104 cm³/mol. The Morgan fingerprint density at radius 3 is 2.43 bits per heavy atom. The van der Waals surface area contributed by atoms with E-state index in [0.29, 0.717) is 5.56 Å². The first-order valence-electron chi connectivity index (χ1n) is 8.39. The number of benzene rings is 2. The third kappa shape index (κ3) is 5.68. The van der Waals surface area contributed by atoms with Crippen LogP contribution < -0.4 is 9.50 Å². The molecule has 0 saturated heterocycles. The van der Waals surface area contributed by atoms with Gasteiger partial charge in [-0.1, -0.05) is 18.2 Å². The first-order valence-corrected chi connectivity index (χ1v) is 9.80. The van der Waals surface area contributed by atoms with E-state index < -0.39 is 28.6 Å². The molecule has 0 aliphatic carbocycles. The minimum atomic E-state index is -4.01. The van der Waals surface area contributed by atoms with Crippen LogP contribution in [0.1, 0.15) is 21.5 Å². The monoisotopic (exact) mass is 403 g/mol. The highest BCUT2D eigenvalue weighted by Gasteiger charge is 2.20. The van der Waals surface area contributed by atoms with Crippen LogP contribution in [-0.2, 0) is 19.6 Å². The third-order valence-corrected chi connectivity index (χ3v) is 5.08. The maximum absolute atomic E-state index is 12.5. The third-order valence-electron chi connectivity index (χ3n) is 3.69. The van der Waals surface area contributed by atoms with Crippen LogP contribution in [0.3, 0.4) is 0 Å². The second-order valence-corrected chi connectivity index (χ2v) is 7.51. The number of hydrogen-bond acceptors (Lipinski definition) is 6. The number of carbonyl (C=O) groups excluding carboxylic acids is 2. The van der Waals surface area contributed by atoms with Crippen molar-refractivity contribution in [1.29, 1.82) is 0 Å². The molecule has 0 radical (unpaired) electrons. The fourth-order valence-electron chi connectivity index (χ4n) is 2.25. The van der Waals surface area contributed by atoms with Crippen LogP contribution in [0.2, 0.25) is 0 Å². The minimum Gasteiger partial charge on any atom is -0.452 e. The summed E-state index contributed by atoms with van der Waals surface area (Å²) in [4.78, 5) is 23.4. The van der Waals surface area contributed by atoms with Gasteiger partial charge in [0.1, 0.15) is 10.6 Å². The van der Waals surface area contributed by atoms with Gasteiger partial charge in [0.15, 0.2) is 6.61 Å². The zero-order valence-electron chi connectivity index (χ0n) is 15.6. The smallest absolute Gasteiger partial charge is 0.339 e. The van der Waals surface area contributed by atoms with E-state index in [9.17, 15) is 18.0 Å². The van der Waals surface area contributed by atoms with Gasteiger partial charge in [-0.3, -0.25) is 4.79 Å². The van der Waals surface area contributed by atoms with Crippen LogP contribution in [0.5, 0.6) is 5.75 Å². The van der Waals surface area contributed by atoms with Crippen molar-refractivity contribution in [1.82, 2.24) is 5.32 Å². The molecule has 148 valence electrons. The van der Waals surface area contributed by atoms with E-state index in [0.717, 1.165) is 5.56 Å². The zero-order valence-corrected chi connectivity index (χ0v) is 16.4. The molecular weight excluding hydrogens is 382 g/mol. The number of rotatable bonds is 8. The summed E-state index contributed by atoms with van der Waals surface area (Å²) in [6.07, 6.45) is 1.50. The van der Waals surface area contributed by atoms with Gasteiger partial charge in [-0.15, -0.1) is 6.58 Å². The number of carbonyl (C=O) groups is 2. The lowest BCUT2D eigenvalue weighted by molar-refractivity contribution is -0.124. The highest BCUT2D eigenvalue weighted by molar-refractivity contribution is 7.87. The highest BCUT2D eigenvalue weighted by Crippen LogP contribution is 2.22. The van der Waals surface area contributed by atoms with Crippen molar-refractivity contribution in [3.05, 3.63) is 71.8 Å². The molecule has 0 saturated carbocycles. The van der Waals surface area contributed by atoms with Crippen molar-refractivity contribution in [3.63, 3.8) is 0 Å². The van der Waals surface area contributed by atoms with Crippen LogP contribution in [0, 0.1) is 13.8 Å². The van der Waals surface area contributed by atoms with Gasteiger partial charge in [0, 0.05) is 6.54 Å². The Hall–Kier alpha value is -3.13. The summed E-state index contributed by atoms with van der Waals surface area (Å²) in [5, 5.41) is 2.48. The predicted octanol–water partition coefficient (Wildman–Crippen LogP) is 2.53. The van der Waals surface area contributed by atoms with Crippen LogP contribution in [0.25, 0.3) is 0 Å². The standard InChI is InChI=1S/C20H21NO6S/c1-4-11-21-19(22)13-26-20(23)16-7-9-17(10-8-16)27-28(24,25)18-12-14(2)5-6-15(18)3/h4-10,12H,1,11,13H2,2-3H3,(H,21,22). The van der Waals surface area contributed by atoms with Crippen molar-refractivity contribution in [2.45, 2.75) is 18.7 Å². The van der Waals surface area contributed by atoms with Gasteiger partial charge in [0.05, 0.1) is 5.56 Å². The summed E-state index contributed by atoms with van der Waals surface area (Å²) in [5.41, 5.74) is 1.52. The molecule has 1 N–H and O–H groups in total. The van der Waals surface area contributed by atoms with Crippen molar-refractivity contribution in [2.24, 2.45) is 0 Å². The van der Waals surface area contributed by atoms with Crippen LogP contribution in [0.15, 0.2) is 60.0 Å². The van der Waals surface area contributed by atoms with Crippen molar-refractivity contribution >= 4 is 22.0 Å². The second-order valence-electron chi connectivity index (χ2n) is 6.00. The number of ether oxygens (including phenoxy) is 1. The summed E-state index contributed by atoms with van der Waals surface area (Å²) in [5.74, 6) is -1.10. The van der Waals surface area contributed by atoms with Gasteiger partial charge in [-0.2, -0.15) is 8.42 Å². The topological polar surface area (TPSA) is 98.8 Å². The van der Waals surface area contributed by atoms with Gasteiger partial charge >= 0.3 is 16.1 Å². The molecule has 28 heavy (non-hydrogen) atoms. The zero-order chi connectivity index (χ0) is 20.7. The van der Waals surface area contributed by atoms with E-state index in [1.54, 1.807) is 19.9 Å². The molecule has 0 bridgehead atoms. The number of esters is 1.